The first-order valence-electron chi connectivity index (χ1n) is 9.48. The van der Waals surface area contributed by atoms with Gasteiger partial charge in [0.1, 0.15) is 5.82 Å². The number of nitrogens with zero attached hydrogens (tertiary/aromatic N) is 3. The van der Waals surface area contributed by atoms with Crippen molar-refractivity contribution in [3.05, 3.63) is 70.9 Å². The van der Waals surface area contributed by atoms with E-state index >= 15 is 0 Å². The van der Waals surface area contributed by atoms with Crippen LogP contribution in [0.5, 0.6) is 5.88 Å². The largest absolute Gasteiger partial charge is 0.477 e. The van der Waals surface area contributed by atoms with Crippen molar-refractivity contribution in [1.82, 2.24) is 15.0 Å². The fourth-order valence-corrected chi connectivity index (χ4v) is 3.45. The van der Waals surface area contributed by atoms with E-state index in [0.717, 1.165) is 23.4 Å². The summed E-state index contributed by atoms with van der Waals surface area (Å²) in [6.07, 6.45) is 4.95. The first-order valence-corrected chi connectivity index (χ1v) is 9.48. The third-order valence-electron chi connectivity index (χ3n) is 5.23. The van der Waals surface area contributed by atoms with Gasteiger partial charge >= 0.3 is 0 Å². The van der Waals surface area contributed by atoms with Crippen LogP contribution in [0.2, 0.25) is 0 Å². The molecule has 0 spiro atoms. The number of aryl methyl sites for hydroxylation is 4. The number of hydrogen-bond acceptors (Lipinski definition) is 4. The Hall–Kier alpha value is -2.75. The van der Waals surface area contributed by atoms with Gasteiger partial charge in [0.05, 0.1) is 12.2 Å². The first kappa shape index (κ1) is 17.7. The zero-order valence-corrected chi connectivity index (χ0v) is 16.4. The van der Waals surface area contributed by atoms with E-state index in [9.17, 15) is 0 Å². The van der Waals surface area contributed by atoms with Gasteiger partial charge in [-0.05, 0) is 56.9 Å². The van der Waals surface area contributed by atoms with Crippen molar-refractivity contribution in [1.29, 1.82) is 0 Å². The van der Waals surface area contributed by atoms with Crippen molar-refractivity contribution in [3.63, 3.8) is 0 Å². The summed E-state index contributed by atoms with van der Waals surface area (Å²) >= 11 is 0. The molecule has 0 amide bonds. The maximum absolute atomic E-state index is 6.19. The Labute approximate surface area is 160 Å². The minimum absolute atomic E-state index is 0.498. The van der Waals surface area contributed by atoms with Crippen LogP contribution in [-0.2, 0) is 0 Å². The highest BCUT2D eigenvalue weighted by Gasteiger charge is 2.40. The minimum atomic E-state index is 0.498. The fraction of sp³-hybridized carbons (Fsp3) is 0.348. The average Bonchev–Trinajstić information content (AvgIpc) is 3.43. The van der Waals surface area contributed by atoms with Gasteiger partial charge in [-0.2, -0.15) is 4.98 Å². The summed E-state index contributed by atoms with van der Waals surface area (Å²) in [6.45, 7) is 8.83. The normalized spacial score (nSPS) is 18.4. The van der Waals surface area contributed by atoms with E-state index in [2.05, 4.69) is 66.1 Å². The molecule has 1 fully saturated rings. The average molecular weight is 359 g/mol. The molecule has 2 aromatic heterocycles. The van der Waals surface area contributed by atoms with Crippen molar-refractivity contribution in [2.45, 2.75) is 40.0 Å². The van der Waals surface area contributed by atoms with Crippen LogP contribution in [0.1, 0.15) is 40.5 Å². The summed E-state index contributed by atoms with van der Waals surface area (Å²) in [4.78, 5) is 13.5. The van der Waals surface area contributed by atoms with Crippen LogP contribution in [0.25, 0.3) is 11.1 Å². The predicted molar refractivity (Wildman–Crippen MR) is 107 cm³/mol. The molecule has 3 aromatic rings. The van der Waals surface area contributed by atoms with Crippen molar-refractivity contribution in [2.75, 3.05) is 6.61 Å². The van der Waals surface area contributed by atoms with E-state index in [1.54, 1.807) is 0 Å². The second-order valence-corrected chi connectivity index (χ2v) is 7.63. The third-order valence-corrected chi connectivity index (χ3v) is 5.23. The Morgan fingerprint density at radius 2 is 1.74 bits per heavy atom. The summed E-state index contributed by atoms with van der Waals surface area (Å²) in [5, 5.41) is 0. The number of benzene rings is 1. The third kappa shape index (κ3) is 3.85. The molecule has 1 aromatic carbocycles. The molecule has 0 bridgehead atoms. The van der Waals surface area contributed by atoms with Gasteiger partial charge in [0, 0.05) is 29.9 Å². The quantitative estimate of drug-likeness (QED) is 0.646. The molecule has 1 aliphatic rings. The number of pyridine rings is 1. The molecule has 138 valence electrons. The van der Waals surface area contributed by atoms with Crippen molar-refractivity contribution in [3.8, 4) is 17.0 Å². The molecular weight excluding hydrogens is 334 g/mol. The molecule has 0 unspecified atom stereocenters. The molecule has 0 aliphatic heterocycles. The first-order chi connectivity index (χ1) is 13.0. The number of ether oxygens (including phenoxy) is 1. The van der Waals surface area contributed by atoms with E-state index in [0.29, 0.717) is 24.3 Å². The Morgan fingerprint density at radius 1 is 0.926 bits per heavy atom. The molecule has 1 aliphatic carbocycles. The van der Waals surface area contributed by atoms with Crippen LogP contribution in [0.4, 0.5) is 0 Å². The standard InChI is InChI=1S/C23H25N3O/c1-14-5-7-16(3)19(9-14)21-12-24-17(4)26-23(21)27-13-18-10-20(18)22-8-6-15(2)11-25-22/h5-9,11-12,18,20H,10,13H2,1-4H3/t18-,20+/m1/s1. The molecule has 4 nitrogen and oxygen atoms in total. The van der Waals surface area contributed by atoms with E-state index in [4.69, 9.17) is 4.74 Å². The molecule has 2 heterocycles. The summed E-state index contributed by atoms with van der Waals surface area (Å²) < 4.78 is 6.19. The monoisotopic (exact) mass is 359 g/mol. The van der Waals surface area contributed by atoms with Crippen molar-refractivity contribution >= 4 is 0 Å². The Kier molecular flexibility index (Phi) is 4.65. The van der Waals surface area contributed by atoms with Crippen LogP contribution >= 0.6 is 0 Å². The van der Waals surface area contributed by atoms with Crippen molar-refractivity contribution in [2.24, 2.45) is 5.92 Å². The molecule has 0 radical (unpaired) electrons. The predicted octanol–water partition coefficient (Wildman–Crippen LogP) is 4.95. The smallest absolute Gasteiger partial charge is 0.224 e. The molecule has 0 saturated heterocycles. The summed E-state index contributed by atoms with van der Waals surface area (Å²) in [6, 6.07) is 10.7. The summed E-state index contributed by atoms with van der Waals surface area (Å²) in [7, 11) is 0. The zero-order chi connectivity index (χ0) is 19.0. The zero-order valence-electron chi connectivity index (χ0n) is 16.4. The van der Waals surface area contributed by atoms with Gasteiger partial charge in [0.25, 0.3) is 0 Å². The molecule has 4 rings (SSSR count). The topological polar surface area (TPSA) is 47.9 Å². The summed E-state index contributed by atoms with van der Waals surface area (Å²) in [5.74, 6) is 2.41. The van der Waals surface area contributed by atoms with Gasteiger partial charge in [0.15, 0.2) is 0 Å². The molecular formula is C23H25N3O. The highest BCUT2D eigenvalue weighted by atomic mass is 16.5. The summed E-state index contributed by atoms with van der Waals surface area (Å²) in [5.41, 5.74) is 6.88. The highest BCUT2D eigenvalue weighted by molar-refractivity contribution is 5.71. The lowest BCUT2D eigenvalue weighted by molar-refractivity contribution is 0.285. The van der Waals surface area contributed by atoms with Crippen molar-refractivity contribution < 1.29 is 4.74 Å². The lowest BCUT2D eigenvalue weighted by Gasteiger charge is -2.13. The van der Waals surface area contributed by atoms with E-state index < -0.39 is 0 Å². The maximum atomic E-state index is 6.19. The highest BCUT2D eigenvalue weighted by Crippen LogP contribution is 2.47. The van der Waals surface area contributed by atoms with Crippen LogP contribution < -0.4 is 4.74 Å². The van der Waals surface area contributed by atoms with Crippen LogP contribution in [0.15, 0.2) is 42.7 Å². The molecule has 1 saturated carbocycles. The molecule has 0 N–H and O–H groups in total. The minimum Gasteiger partial charge on any atom is -0.477 e. The molecule has 4 heteroatoms. The van der Waals surface area contributed by atoms with E-state index in [1.807, 2.05) is 19.3 Å². The van der Waals surface area contributed by atoms with E-state index in [1.165, 1.54) is 22.4 Å². The lowest BCUT2D eigenvalue weighted by Crippen LogP contribution is -2.06. The second kappa shape index (κ2) is 7.10. The van der Waals surface area contributed by atoms with Crippen LogP contribution in [-0.4, -0.2) is 21.6 Å². The SMILES string of the molecule is Cc1ccc([C@H]2C[C@@H]2COc2nc(C)ncc2-c2cc(C)ccc2C)nc1. The van der Waals surface area contributed by atoms with Gasteiger partial charge in [-0.15, -0.1) is 0 Å². The van der Waals surface area contributed by atoms with Gasteiger partial charge in [-0.25, -0.2) is 4.98 Å². The molecule has 2 atom stereocenters. The number of hydrogen-bond donors (Lipinski definition) is 0. The van der Waals surface area contributed by atoms with Crippen LogP contribution in [0, 0.1) is 33.6 Å². The maximum Gasteiger partial charge on any atom is 0.224 e. The molecule has 27 heavy (non-hydrogen) atoms. The Morgan fingerprint density at radius 3 is 2.52 bits per heavy atom. The van der Waals surface area contributed by atoms with Crippen LogP contribution in [0.3, 0.4) is 0 Å². The van der Waals surface area contributed by atoms with Gasteiger partial charge < -0.3 is 4.74 Å². The second-order valence-electron chi connectivity index (χ2n) is 7.63. The van der Waals surface area contributed by atoms with Gasteiger partial charge in [0.2, 0.25) is 5.88 Å². The van der Waals surface area contributed by atoms with E-state index in [-0.39, 0.29) is 0 Å². The van der Waals surface area contributed by atoms with Gasteiger partial charge in [-0.3, -0.25) is 4.98 Å². The Bertz CT molecular complexity index is 966. The fourth-order valence-electron chi connectivity index (χ4n) is 3.45. The number of aromatic nitrogens is 3. The number of rotatable bonds is 5. The Balaban J connectivity index is 1.52. The lowest BCUT2D eigenvalue weighted by atomic mass is 10.0. The van der Waals surface area contributed by atoms with Gasteiger partial charge in [-0.1, -0.05) is 29.8 Å².